The van der Waals surface area contributed by atoms with Crippen molar-refractivity contribution in [3.8, 4) is 23.0 Å². The van der Waals surface area contributed by atoms with Crippen LogP contribution in [0.3, 0.4) is 0 Å². The Balaban J connectivity index is 1.47. The zero-order valence-electron chi connectivity index (χ0n) is 19.9. The van der Waals surface area contributed by atoms with Crippen molar-refractivity contribution in [2.24, 2.45) is 0 Å². The highest BCUT2D eigenvalue weighted by Crippen LogP contribution is 2.39. The van der Waals surface area contributed by atoms with Gasteiger partial charge in [0, 0.05) is 12.2 Å². The maximum absolute atomic E-state index is 12.8. The average molecular weight is 568 g/mol. The van der Waals surface area contributed by atoms with E-state index in [1.165, 1.54) is 12.1 Å². The minimum absolute atomic E-state index is 0.0767. The van der Waals surface area contributed by atoms with Crippen LogP contribution in [0.5, 0.6) is 23.0 Å². The van der Waals surface area contributed by atoms with Crippen molar-refractivity contribution in [3.63, 3.8) is 0 Å². The molecule has 0 saturated heterocycles. The maximum atomic E-state index is 12.8. The van der Waals surface area contributed by atoms with E-state index in [0.29, 0.717) is 23.4 Å². The predicted octanol–water partition coefficient (Wildman–Crippen LogP) is 7.33. The van der Waals surface area contributed by atoms with E-state index < -0.39 is 10.1 Å². The van der Waals surface area contributed by atoms with Gasteiger partial charge in [-0.15, -0.1) is 0 Å². The lowest BCUT2D eigenvalue weighted by molar-refractivity contribution is 0.326. The van der Waals surface area contributed by atoms with E-state index in [-0.39, 0.29) is 10.6 Å². The lowest BCUT2D eigenvalue weighted by Gasteiger charge is -2.16. The molecule has 0 radical (unpaired) electrons. The molecule has 8 heteroatoms. The van der Waals surface area contributed by atoms with Crippen LogP contribution in [-0.2, 0) is 16.7 Å². The summed E-state index contributed by atoms with van der Waals surface area (Å²) in [5.74, 6) is 1.97. The summed E-state index contributed by atoms with van der Waals surface area (Å²) in [5.41, 5.74) is 2.75. The van der Waals surface area contributed by atoms with Crippen molar-refractivity contribution >= 4 is 31.7 Å². The third-order valence-corrected chi connectivity index (χ3v) is 7.03. The first-order valence-corrected chi connectivity index (χ1v) is 13.6. The van der Waals surface area contributed by atoms with E-state index in [9.17, 15) is 8.42 Å². The lowest BCUT2D eigenvalue weighted by Crippen LogP contribution is -2.12. The zero-order valence-corrected chi connectivity index (χ0v) is 22.3. The molecule has 0 atom stereocenters. The molecule has 0 heterocycles. The Morgan fingerprint density at radius 3 is 2.19 bits per heavy atom. The Hall–Kier alpha value is -3.49. The van der Waals surface area contributed by atoms with Crippen LogP contribution in [0.15, 0.2) is 100 Å². The Kier molecular flexibility index (Phi) is 8.18. The van der Waals surface area contributed by atoms with Gasteiger partial charge in [0.15, 0.2) is 11.5 Å². The number of ether oxygens (including phenoxy) is 2. The van der Waals surface area contributed by atoms with Crippen molar-refractivity contribution in [1.29, 1.82) is 0 Å². The summed E-state index contributed by atoms with van der Waals surface area (Å²) in [7, 11) is -4.03. The first-order chi connectivity index (χ1) is 17.3. The molecule has 0 aliphatic rings. The Labute approximate surface area is 220 Å². The molecule has 6 nitrogen and oxygen atoms in total. The summed E-state index contributed by atoms with van der Waals surface area (Å²) in [6.45, 7) is 4.56. The van der Waals surface area contributed by atoms with E-state index >= 15 is 0 Å². The Bertz CT molecular complexity index is 1410. The SMILES string of the molecule is CCOc1cc(CNc2ccc(Oc3ccccc3)cc2)cc(Br)c1OS(=O)(=O)c1ccc(C)cc1. The van der Waals surface area contributed by atoms with Gasteiger partial charge in [-0.05, 0) is 96.0 Å². The molecule has 4 aromatic rings. The molecule has 0 fully saturated rings. The van der Waals surface area contributed by atoms with E-state index in [4.69, 9.17) is 13.7 Å². The average Bonchev–Trinajstić information content (AvgIpc) is 2.87. The third kappa shape index (κ3) is 6.59. The highest BCUT2D eigenvalue weighted by molar-refractivity contribution is 9.10. The van der Waals surface area contributed by atoms with Gasteiger partial charge in [0.1, 0.15) is 16.4 Å². The van der Waals surface area contributed by atoms with Crippen LogP contribution in [-0.4, -0.2) is 15.0 Å². The summed E-state index contributed by atoms with van der Waals surface area (Å²) in [4.78, 5) is 0.0767. The summed E-state index contributed by atoms with van der Waals surface area (Å²) in [6, 6.07) is 27.3. The monoisotopic (exact) mass is 567 g/mol. The zero-order chi connectivity index (χ0) is 25.5. The van der Waals surface area contributed by atoms with Gasteiger partial charge >= 0.3 is 10.1 Å². The topological polar surface area (TPSA) is 73.9 Å². The van der Waals surface area contributed by atoms with E-state index in [0.717, 1.165) is 28.3 Å². The molecule has 36 heavy (non-hydrogen) atoms. The number of para-hydroxylation sites is 1. The molecular weight excluding hydrogens is 542 g/mol. The molecule has 0 saturated carbocycles. The molecule has 0 aromatic heterocycles. The van der Waals surface area contributed by atoms with E-state index in [1.807, 2.05) is 74.5 Å². The largest absolute Gasteiger partial charge is 0.490 e. The van der Waals surface area contributed by atoms with Gasteiger partial charge < -0.3 is 19.0 Å². The molecule has 0 aliphatic carbocycles. The number of nitrogens with one attached hydrogen (secondary N) is 1. The van der Waals surface area contributed by atoms with E-state index in [1.54, 1.807) is 18.2 Å². The van der Waals surface area contributed by atoms with E-state index in [2.05, 4.69) is 21.2 Å². The molecule has 0 spiro atoms. The molecule has 0 bridgehead atoms. The van der Waals surface area contributed by atoms with Gasteiger partial charge in [-0.25, -0.2) is 0 Å². The second-order valence-corrected chi connectivity index (χ2v) is 10.4. The first kappa shape index (κ1) is 25.6. The number of rotatable bonds is 10. The summed E-state index contributed by atoms with van der Waals surface area (Å²) < 4.78 is 43.2. The summed E-state index contributed by atoms with van der Waals surface area (Å²) >= 11 is 3.46. The number of benzene rings is 4. The fraction of sp³-hybridized carbons (Fsp3) is 0.143. The minimum Gasteiger partial charge on any atom is -0.490 e. The van der Waals surface area contributed by atoms with Crippen molar-refractivity contribution < 1.29 is 22.1 Å². The quantitative estimate of drug-likeness (QED) is 0.202. The van der Waals surface area contributed by atoms with Gasteiger partial charge in [-0.2, -0.15) is 8.42 Å². The fourth-order valence-electron chi connectivity index (χ4n) is 3.40. The number of aryl methyl sites for hydroxylation is 1. The van der Waals surface area contributed by atoms with Crippen LogP contribution < -0.4 is 19.0 Å². The van der Waals surface area contributed by atoms with Crippen LogP contribution in [0, 0.1) is 6.92 Å². The summed E-state index contributed by atoms with van der Waals surface area (Å²) in [5, 5.41) is 3.36. The van der Waals surface area contributed by atoms with Crippen molar-refractivity contribution in [3.05, 3.63) is 107 Å². The van der Waals surface area contributed by atoms with Gasteiger partial charge in [0.25, 0.3) is 0 Å². The molecular formula is C28H26BrNO5S. The van der Waals surface area contributed by atoms with Crippen molar-refractivity contribution in [2.45, 2.75) is 25.3 Å². The Morgan fingerprint density at radius 2 is 1.53 bits per heavy atom. The van der Waals surface area contributed by atoms with Crippen LogP contribution in [0.4, 0.5) is 5.69 Å². The smallest absolute Gasteiger partial charge is 0.339 e. The lowest BCUT2D eigenvalue weighted by atomic mass is 10.2. The Morgan fingerprint density at radius 1 is 0.861 bits per heavy atom. The molecule has 0 unspecified atom stereocenters. The number of hydrogen-bond acceptors (Lipinski definition) is 6. The first-order valence-electron chi connectivity index (χ1n) is 11.4. The van der Waals surface area contributed by atoms with Gasteiger partial charge in [-0.1, -0.05) is 35.9 Å². The molecule has 0 aliphatic heterocycles. The van der Waals surface area contributed by atoms with Crippen molar-refractivity contribution in [2.75, 3.05) is 11.9 Å². The summed E-state index contributed by atoms with van der Waals surface area (Å²) in [6.07, 6.45) is 0. The second kappa shape index (κ2) is 11.5. The molecule has 4 rings (SSSR count). The van der Waals surface area contributed by atoms with Gasteiger partial charge in [-0.3, -0.25) is 0 Å². The minimum atomic E-state index is -4.03. The van der Waals surface area contributed by atoms with Crippen LogP contribution >= 0.6 is 15.9 Å². The predicted molar refractivity (Wildman–Crippen MR) is 145 cm³/mol. The van der Waals surface area contributed by atoms with Crippen molar-refractivity contribution in [1.82, 2.24) is 0 Å². The van der Waals surface area contributed by atoms with Crippen LogP contribution in [0.2, 0.25) is 0 Å². The maximum Gasteiger partial charge on any atom is 0.339 e. The molecule has 0 amide bonds. The number of anilines is 1. The normalized spacial score (nSPS) is 11.1. The van der Waals surface area contributed by atoms with Gasteiger partial charge in [0.2, 0.25) is 0 Å². The highest BCUT2D eigenvalue weighted by atomic mass is 79.9. The third-order valence-electron chi connectivity index (χ3n) is 5.20. The van der Waals surface area contributed by atoms with Crippen LogP contribution in [0.1, 0.15) is 18.1 Å². The fourth-order valence-corrected chi connectivity index (χ4v) is 5.03. The number of hydrogen-bond donors (Lipinski definition) is 1. The standard InChI is InChI=1S/C28H26BrNO5S/c1-3-33-27-18-21(17-26(29)28(27)35-36(31,32)25-15-9-20(2)10-16-25)19-30-22-11-13-24(14-12-22)34-23-7-5-4-6-8-23/h4-18,30H,3,19H2,1-2H3. The second-order valence-electron chi connectivity index (χ2n) is 7.98. The number of halogens is 1. The molecule has 1 N–H and O–H groups in total. The van der Waals surface area contributed by atoms with Crippen LogP contribution in [0.25, 0.3) is 0 Å². The highest BCUT2D eigenvalue weighted by Gasteiger charge is 2.22. The van der Waals surface area contributed by atoms with Gasteiger partial charge in [0.05, 0.1) is 11.1 Å². The molecule has 4 aromatic carbocycles. The molecule has 186 valence electrons.